The van der Waals surface area contributed by atoms with Crippen LogP contribution >= 0.6 is 11.3 Å². The zero-order chi connectivity index (χ0) is 26.5. The van der Waals surface area contributed by atoms with Crippen LogP contribution in [0.4, 0.5) is 0 Å². The summed E-state index contributed by atoms with van der Waals surface area (Å²) in [7, 11) is 0. The maximum absolute atomic E-state index is 10.9. The molecule has 0 amide bonds. The van der Waals surface area contributed by atoms with E-state index in [2.05, 4.69) is 45.0 Å². The number of aromatic nitrogens is 1. The lowest BCUT2D eigenvalue weighted by Gasteiger charge is -2.61. The molecule has 0 saturated heterocycles. The Kier molecular flexibility index (Phi) is 7.39. The molecule has 1 aromatic carbocycles. The van der Waals surface area contributed by atoms with Crippen molar-refractivity contribution in [3.05, 3.63) is 29.3 Å². The van der Waals surface area contributed by atoms with E-state index in [4.69, 9.17) is 14.8 Å². The van der Waals surface area contributed by atoms with Crippen molar-refractivity contribution in [3.63, 3.8) is 0 Å². The van der Waals surface area contributed by atoms with E-state index in [1.54, 1.807) is 0 Å². The average Bonchev–Trinajstić information content (AvgIpc) is 3.47. The van der Waals surface area contributed by atoms with E-state index in [-0.39, 0.29) is 12.5 Å². The van der Waals surface area contributed by atoms with Crippen molar-refractivity contribution in [1.29, 1.82) is 0 Å². The van der Waals surface area contributed by atoms with Gasteiger partial charge >= 0.3 is 5.97 Å². The molecule has 0 spiro atoms. The highest BCUT2D eigenvalue weighted by Gasteiger charge is 2.60. The van der Waals surface area contributed by atoms with Gasteiger partial charge in [-0.05, 0) is 129 Å². The van der Waals surface area contributed by atoms with E-state index in [9.17, 15) is 4.79 Å². The van der Waals surface area contributed by atoms with Crippen molar-refractivity contribution >= 4 is 27.5 Å². The quantitative estimate of drug-likeness (QED) is 0.367. The first-order valence-corrected chi connectivity index (χ1v) is 16.3. The lowest BCUT2D eigenvalue weighted by molar-refractivity contribution is -0.144. The largest absolute Gasteiger partial charge is 0.481 e. The highest BCUT2D eigenvalue weighted by molar-refractivity contribution is 7.18. The Bertz CT molecular complexity index is 1110. The standard InChI is InChI=1S/C33H47NO3S/c1-21(8-13-30-34-28-6-4-5-7-29(28)38-30)25-11-12-26-24-10-9-22-20-23(37-19-16-31(35)36)14-17-32(22,2)27(24)15-18-33(25,26)3/h4-7,21-27H,8-20H2,1-3H3,(H,35,36)/t21-,22+,23-,24+,25+,26-,27+,32-,33+/m0/s1. The molecule has 4 nitrogen and oxygen atoms in total. The number of thiazole rings is 1. The molecular formula is C33H47NO3S. The van der Waals surface area contributed by atoms with Gasteiger partial charge < -0.3 is 9.84 Å². The number of fused-ring (bicyclic) bond motifs is 6. The Morgan fingerprint density at radius 1 is 1.08 bits per heavy atom. The van der Waals surface area contributed by atoms with Crippen molar-refractivity contribution in [2.24, 2.45) is 46.3 Å². The van der Waals surface area contributed by atoms with E-state index < -0.39 is 5.97 Å². The number of benzene rings is 1. The topological polar surface area (TPSA) is 59.4 Å². The van der Waals surface area contributed by atoms with E-state index in [1.807, 2.05) is 11.3 Å². The summed E-state index contributed by atoms with van der Waals surface area (Å²) in [6, 6.07) is 8.57. The Labute approximate surface area is 233 Å². The van der Waals surface area contributed by atoms with Crippen molar-refractivity contribution in [1.82, 2.24) is 4.98 Å². The summed E-state index contributed by atoms with van der Waals surface area (Å²) >= 11 is 1.89. The highest BCUT2D eigenvalue weighted by Crippen LogP contribution is 2.68. The van der Waals surface area contributed by atoms with Gasteiger partial charge in [-0.15, -0.1) is 11.3 Å². The van der Waals surface area contributed by atoms with Crippen molar-refractivity contribution in [3.8, 4) is 0 Å². The van der Waals surface area contributed by atoms with Gasteiger partial charge in [-0.2, -0.15) is 0 Å². The molecule has 5 heteroatoms. The molecule has 4 aliphatic carbocycles. The van der Waals surface area contributed by atoms with Crippen LogP contribution in [0.15, 0.2) is 24.3 Å². The number of hydrogen-bond donors (Lipinski definition) is 1. The first-order chi connectivity index (χ1) is 18.3. The number of carbonyl (C=O) groups is 1. The molecule has 4 aliphatic rings. The SMILES string of the molecule is C[C@@H](CCc1nc2ccccc2s1)[C@H]1CC[C@H]2[C@H]3CC[C@@H]4C[C@@H](OCCC(=O)O)CC[C@]4(C)[C@@H]3CC[C@]12C. The minimum Gasteiger partial charge on any atom is -0.481 e. The fourth-order valence-electron chi connectivity index (χ4n) is 10.2. The molecule has 9 atom stereocenters. The molecule has 208 valence electrons. The van der Waals surface area contributed by atoms with Crippen LogP contribution in [0.5, 0.6) is 0 Å². The van der Waals surface area contributed by atoms with Gasteiger partial charge in [0.05, 0.1) is 34.4 Å². The van der Waals surface area contributed by atoms with Crippen LogP contribution < -0.4 is 0 Å². The van der Waals surface area contributed by atoms with Gasteiger partial charge in [-0.1, -0.05) is 32.9 Å². The van der Waals surface area contributed by atoms with E-state index in [1.165, 1.54) is 61.1 Å². The molecule has 0 radical (unpaired) electrons. The predicted octanol–water partition coefficient (Wildman–Crippen LogP) is 8.38. The lowest BCUT2D eigenvalue weighted by Crippen LogP contribution is -2.54. The molecule has 4 fully saturated rings. The first kappa shape index (κ1) is 26.7. The smallest absolute Gasteiger partial charge is 0.305 e. The summed E-state index contributed by atoms with van der Waals surface area (Å²) in [5, 5.41) is 10.3. The van der Waals surface area contributed by atoms with E-state index in [0.29, 0.717) is 17.4 Å². The molecule has 1 heterocycles. The second-order valence-corrected chi connectivity index (χ2v) is 15.0. The summed E-state index contributed by atoms with van der Waals surface area (Å²) in [6.07, 6.45) is 14.8. The van der Waals surface area contributed by atoms with Crippen LogP contribution in [-0.4, -0.2) is 28.8 Å². The van der Waals surface area contributed by atoms with Crippen LogP contribution in [-0.2, 0) is 16.0 Å². The van der Waals surface area contributed by atoms with Gasteiger partial charge in [0, 0.05) is 0 Å². The molecule has 4 saturated carbocycles. The van der Waals surface area contributed by atoms with Gasteiger partial charge in [-0.25, -0.2) is 4.98 Å². The van der Waals surface area contributed by atoms with Gasteiger partial charge in [0.2, 0.25) is 0 Å². The molecule has 2 aromatic rings. The zero-order valence-electron chi connectivity index (χ0n) is 23.7. The zero-order valence-corrected chi connectivity index (χ0v) is 24.5. The summed E-state index contributed by atoms with van der Waals surface area (Å²) in [6.45, 7) is 8.22. The molecule has 0 aliphatic heterocycles. The Morgan fingerprint density at radius 3 is 2.68 bits per heavy atom. The summed E-state index contributed by atoms with van der Waals surface area (Å²) in [5.41, 5.74) is 2.12. The van der Waals surface area contributed by atoms with Gasteiger partial charge in [-0.3, -0.25) is 4.79 Å². The molecule has 1 aromatic heterocycles. The third kappa shape index (κ3) is 4.74. The van der Waals surface area contributed by atoms with Crippen LogP contribution in [0, 0.1) is 46.3 Å². The second-order valence-electron chi connectivity index (χ2n) is 13.9. The fourth-order valence-corrected chi connectivity index (χ4v) is 11.2. The molecule has 1 N–H and O–H groups in total. The number of para-hydroxylation sites is 1. The monoisotopic (exact) mass is 537 g/mol. The summed E-state index contributed by atoms with van der Waals surface area (Å²) < 4.78 is 7.36. The summed E-state index contributed by atoms with van der Waals surface area (Å²) in [4.78, 5) is 15.8. The molecule has 0 bridgehead atoms. The normalized spacial score (nSPS) is 39.3. The maximum atomic E-state index is 10.9. The average molecular weight is 538 g/mol. The summed E-state index contributed by atoms with van der Waals surface area (Å²) in [5.74, 6) is 4.29. The molecular weight excluding hydrogens is 490 g/mol. The number of nitrogens with zero attached hydrogens (tertiary/aromatic N) is 1. The first-order valence-electron chi connectivity index (χ1n) is 15.5. The number of rotatable bonds is 8. The van der Waals surface area contributed by atoms with E-state index >= 15 is 0 Å². The number of ether oxygens (including phenoxy) is 1. The van der Waals surface area contributed by atoms with E-state index in [0.717, 1.165) is 60.3 Å². The van der Waals surface area contributed by atoms with Crippen molar-refractivity contribution < 1.29 is 14.6 Å². The number of aliphatic carboxylic acids is 1. The highest BCUT2D eigenvalue weighted by atomic mass is 32.1. The number of hydrogen-bond acceptors (Lipinski definition) is 4. The third-order valence-corrected chi connectivity index (χ3v) is 13.3. The van der Waals surface area contributed by atoms with Crippen molar-refractivity contribution in [2.45, 2.75) is 104 Å². The lowest BCUT2D eigenvalue weighted by atomic mass is 9.44. The predicted molar refractivity (Wildman–Crippen MR) is 154 cm³/mol. The second kappa shape index (κ2) is 10.5. The Hall–Kier alpha value is -1.46. The molecule has 38 heavy (non-hydrogen) atoms. The minimum atomic E-state index is -0.752. The third-order valence-electron chi connectivity index (χ3n) is 12.2. The Morgan fingerprint density at radius 2 is 1.87 bits per heavy atom. The van der Waals surface area contributed by atoms with Crippen molar-refractivity contribution in [2.75, 3.05) is 6.61 Å². The Balaban J connectivity index is 1.09. The maximum Gasteiger partial charge on any atom is 0.305 e. The fraction of sp³-hybridized carbons (Fsp3) is 0.758. The van der Waals surface area contributed by atoms with Gasteiger partial charge in [0.25, 0.3) is 0 Å². The van der Waals surface area contributed by atoms with Crippen LogP contribution in [0.25, 0.3) is 10.2 Å². The van der Waals surface area contributed by atoms with Gasteiger partial charge in [0.15, 0.2) is 0 Å². The minimum absolute atomic E-state index is 0.129. The van der Waals surface area contributed by atoms with Crippen LogP contribution in [0.3, 0.4) is 0 Å². The number of carboxylic acid groups (broad SMARTS) is 1. The molecule has 6 rings (SSSR count). The number of aryl methyl sites for hydroxylation is 1. The van der Waals surface area contributed by atoms with Crippen LogP contribution in [0.1, 0.15) is 96.4 Å². The molecule has 0 unspecified atom stereocenters. The van der Waals surface area contributed by atoms with Gasteiger partial charge in [0.1, 0.15) is 0 Å². The number of carboxylic acids is 1. The van der Waals surface area contributed by atoms with Crippen LogP contribution in [0.2, 0.25) is 0 Å².